The summed E-state index contributed by atoms with van der Waals surface area (Å²) in [6.45, 7) is 4.93. The molecule has 2 unspecified atom stereocenters. The van der Waals surface area contributed by atoms with E-state index in [1.165, 1.54) is 295 Å². The first kappa shape index (κ1) is 68.6. The summed E-state index contributed by atoms with van der Waals surface area (Å²) < 4.78 is 5.50. The lowest BCUT2D eigenvalue weighted by Crippen LogP contribution is -2.45. The maximum absolute atomic E-state index is 12.5. The van der Waals surface area contributed by atoms with Crippen LogP contribution in [0.4, 0.5) is 0 Å². The van der Waals surface area contributed by atoms with Gasteiger partial charge in [0, 0.05) is 12.8 Å². The largest absolute Gasteiger partial charge is 0.466 e. The minimum Gasteiger partial charge on any atom is -0.466 e. The number of amides is 1. The van der Waals surface area contributed by atoms with Crippen molar-refractivity contribution in [1.82, 2.24) is 5.32 Å². The molecule has 2 atom stereocenters. The maximum atomic E-state index is 12.5. The average Bonchev–Trinajstić information content (AvgIpc) is 3.36. The standard InChI is InChI=1S/C64H125NO5/c1-3-5-7-9-11-13-15-17-19-21-23-25-30-34-38-42-46-50-54-58-64(69)70-59-55-51-47-43-39-35-31-27-26-29-33-37-41-45-49-53-57-63(68)65-61(60-66)62(67)56-52-48-44-40-36-32-28-24-22-20-18-16-14-12-10-8-6-4-2/h52,56,61-62,66-67H,3-51,53-55,57-60H2,1-2H3,(H,65,68)/b56-52+. The summed E-state index contributed by atoms with van der Waals surface area (Å²) in [4.78, 5) is 24.6. The van der Waals surface area contributed by atoms with Gasteiger partial charge in [-0.15, -0.1) is 0 Å². The normalized spacial score (nSPS) is 12.6. The molecular weight excluding hydrogens is 863 g/mol. The van der Waals surface area contributed by atoms with E-state index in [1.54, 1.807) is 6.08 Å². The highest BCUT2D eigenvalue weighted by atomic mass is 16.5. The van der Waals surface area contributed by atoms with Gasteiger partial charge in [0.15, 0.2) is 0 Å². The quantitative estimate of drug-likeness (QED) is 0.0321. The summed E-state index contributed by atoms with van der Waals surface area (Å²) in [6, 6.07) is -0.633. The number of carbonyl (C=O) groups excluding carboxylic acids is 2. The Labute approximate surface area is 438 Å². The van der Waals surface area contributed by atoms with Crippen molar-refractivity contribution in [3.8, 4) is 0 Å². The molecule has 0 bridgehead atoms. The molecular formula is C64H125NO5. The lowest BCUT2D eigenvalue weighted by Gasteiger charge is -2.20. The number of allylic oxidation sites excluding steroid dienone is 1. The van der Waals surface area contributed by atoms with Crippen LogP contribution in [0.2, 0.25) is 0 Å². The van der Waals surface area contributed by atoms with E-state index in [0.717, 1.165) is 38.5 Å². The molecule has 6 nitrogen and oxygen atoms in total. The van der Waals surface area contributed by atoms with Crippen molar-refractivity contribution in [1.29, 1.82) is 0 Å². The lowest BCUT2D eigenvalue weighted by molar-refractivity contribution is -0.143. The third-order valence-electron chi connectivity index (χ3n) is 15.1. The minimum absolute atomic E-state index is 0.00789. The van der Waals surface area contributed by atoms with Gasteiger partial charge < -0.3 is 20.3 Å². The van der Waals surface area contributed by atoms with E-state index >= 15 is 0 Å². The molecule has 0 fully saturated rings. The van der Waals surface area contributed by atoms with E-state index in [1.807, 2.05) is 6.08 Å². The van der Waals surface area contributed by atoms with Gasteiger partial charge in [0.1, 0.15) is 0 Å². The monoisotopic (exact) mass is 988 g/mol. The zero-order chi connectivity index (χ0) is 50.7. The Kier molecular flexibility index (Phi) is 59.0. The van der Waals surface area contributed by atoms with Crippen molar-refractivity contribution in [2.75, 3.05) is 13.2 Å². The fraction of sp³-hybridized carbons (Fsp3) is 0.938. The summed E-state index contributed by atoms with van der Waals surface area (Å²) in [5, 5.41) is 23.2. The van der Waals surface area contributed by atoms with Crippen molar-refractivity contribution < 1.29 is 24.5 Å². The smallest absolute Gasteiger partial charge is 0.305 e. The summed E-state index contributed by atoms with van der Waals surface area (Å²) in [5.74, 6) is -0.0633. The Morgan fingerprint density at radius 3 is 0.971 bits per heavy atom. The molecule has 3 N–H and O–H groups in total. The molecule has 0 radical (unpaired) electrons. The highest BCUT2D eigenvalue weighted by Crippen LogP contribution is 2.18. The van der Waals surface area contributed by atoms with Crippen molar-refractivity contribution in [3.63, 3.8) is 0 Å². The lowest BCUT2D eigenvalue weighted by atomic mass is 10.0. The van der Waals surface area contributed by atoms with Crippen LogP contribution in [0.3, 0.4) is 0 Å². The molecule has 0 aromatic carbocycles. The van der Waals surface area contributed by atoms with Crippen LogP contribution in [0.15, 0.2) is 12.2 Å². The molecule has 0 spiro atoms. The fourth-order valence-corrected chi connectivity index (χ4v) is 10.2. The van der Waals surface area contributed by atoms with Gasteiger partial charge in [0.2, 0.25) is 5.91 Å². The van der Waals surface area contributed by atoms with Crippen molar-refractivity contribution in [2.45, 2.75) is 373 Å². The molecule has 0 rings (SSSR count). The van der Waals surface area contributed by atoms with Gasteiger partial charge in [-0.3, -0.25) is 9.59 Å². The van der Waals surface area contributed by atoms with Gasteiger partial charge >= 0.3 is 5.97 Å². The van der Waals surface area contributed by atoms with E-state index in [4.69, 9.17) is 4.74 Å². The van der Waals surface area contributed by atoms with Crippen LogP contribution < -0.4 is 5.32 Å². The first-order chi connectivity index (χ1) is 34.5. The Bertz CT molecular complexity index is 1050. The van der Waals surface area contributed by atoms with Crippen LogP contribution in [-0.2, 0) is 14.3 Å². The van der Waals surface area contributed by atoms with Crippen molar-refractivity contribution in [3.05, 3.63) is 12.2 Å². The molecule has 0 heterocycles. The van der Waals surface area contributed by atoms with E-state index in [-0.39, 0.29) is 18.5 Å². The van der Waals surface area contributed by atoms with Gasteiger partial charge in [-0.25, -0.2) is 0 Å². The van der Waals surface area contributed by atoms with Gasteiger partial charge in [0.25, 0.3) is 0 Å². The van der Waals surface area contributed by atoms with Gasteiger partial charge in [0.05, 0.1) is 25.4 Å². The molecule has 1 amide bonds. The average molecular weight is 989 g/mol. The first-order valence-electron chi connectivity index (χ1n) is 32.0. The van der Waals surface area contributed by atoms with Gasteiger partial charge in [-0.1, -0.05) is 328 Å². The molecule has 0 saturated carbocycles. The number of hydrogen-bond donors (Lipinski definition) is 3. The van der Waals surface area contributed by atoms with E-state index in [2.05, 4.69) is 19.2 Å². The molecule has 0 aliphatic rings. The second-order valence-corrected chi connectivity index (χ2v) is 22.1. The molecule has 416 valence electrons. The molecule has 6 heteroatoms. The predicted molar refractivity (Wildman–Crippen MR) is 306 cm³/mol. The minimum atomic E-state index is -0.849. The molecule has 0 aliphatic heterocycles. The number of hydrogen-bond acceptors (Lipinski definition) is 5. The molecule has 0 aromatic rings. The number of esters is 1. The number of ether oxygens (including phenoxy) is 1. The number of rotatable bonds is 60. The van der Waals surface area contributed by atoms with Crippen molar-refractivity contribution in [2.24, 2.45) is 0 Å². The summed E-state index contributed by atoms with van der Waals surface area (Å²) in [7, 11) is 0. The second kappa shape index (κ2) is 60.2. The van der Waals surface area contributed by atoms with Crippen LogP contribution in [-0.4, -0.2) is 47.4 Å². The Balaban J connectivity index is 3.41. The van der Waals surface area contributed by atoms with Crippen LogP contribution >= 0.6 is 0 Å². The zero-order valence-corrected chi connectivity index (χ0v) is 47.5. The second-order valence-electron chi connectivity index (χ2n) is 22.1. The number of aliphatic hydroxyl groups excluding tert-OH is 2. The van der Waals surface area contributed by atoms with Gasteiger partial charge in [-0.2, -0.15) is 0 Å². The van der Waals surface area contributed by atoms with Gasteiger partial charge in [-0.05, 0) is 32.1 Å². The highest BCUT2D eigenvalue weighted by molar-refractivity contribution is 5.76. The molecule has 0 aromatic heterocycles. The molecule has 0 aliphatic carbocycles. The SMILES string of the molecule is CCCCCCCCCCCCCCCCCC/C=C/C(O)C(CO)NC(=O)CCCCCCCCCCCCCCCCCCOC(=O)CCCCCCCCCCCCCCCCCCCCC. The molecule has 0 saturated heterocycles. The van der Waals surface area contributed by atoms with Crippen molar-refractivity contribution >= 4 is 11.9 Å². The Morgan fingerprint density at radius 1 is 0.386 bits per heavy atom. The van der Waals surface area contributed by atoms with Crippen LogP contribution in [0.25, 0.3) is 0 Å². The summed E-state index contributed by atoms with van der Waals surface area (Å²) in [5.41, 5.74) is 0. The summed E-state index contributed by atoms with van der Waals surface area (Å²) in [6.07, 6.45) is 72.5. The van der Waals surface area contributed by atoms with E-state index < -0.39 is 12.1 Å². The number of carbonyl (C=O) groups is 2. The fourth-order valence-electron chi connectivity index (χ4n) is 10.2. The maximum Gasteiger partial charge on any atom is 0.305 e. The zero-order valence-electron chi connectivity index (χ0n) is 47.5. The highest BCUT2D eigenvalue weighted by Gasteiger charge is 2.18. The number of nitrogens with one attached hydrogen (secondary N) is 1. The van der Waals surface area contributed by atoms with E-state index in [0.29, 0.717) is 19.4 Å². The predicted octanol–water partition coefficient (Wildman–Crippen LogP) is 20.0. The van der Waals surface area contributed by atoms with Crippen LogP contribution in [0.1, 0.15) is 361 Å². The summed E-state index contributed by atoms with van der Waals surface area (Å²) >= 11 is 0. The Hall–Kier alpha value is -1.40. The number of aliphatic hydroxyl groups is 2. The van der Waals surface area contributed by atoms with Crippen LogP contribution in [0, 0.1) is 0 Å². The first-order valence-corrected chi connectivity index (χ1v) is 32.0. The Morgan fingerprint density at radius 2 is 0.657 bits per heavy atom. The number of unbranched alkanes of at least 4 members (excludes halogenated alkanes) is 49. The van der Waals surface area contributed by atoms with E-state index in [9.17, 15) is 19.8 Å². The third kappa shape index (κ3) is 55.9. The van der Waals surface area contributed by atoms with Crippen LogP contribution in [0.5, 0.6) is 0 Å². The molecule has 70 heavy (non-hydrogen) atoms. The third-order valence-corrected chi connectivity index (χ3v) is 15.1. The topological polar surface area (TPSA) is 95.9 Å².